The second kappa shape index (κ2) is 10.1. The van der Waals surface area contributed by atoms with Crippen molar-refractivity contribution in [2.24, 2.45) is 5.73 Å². The van der Waals surface area contributed by atoms with E-state index in [-0.39, 0.29) is 24.8 Å². The minimum Gasteiger partial charge on any atom is -0.326 e. The number of rotatable bonds is 6. The first-order valence-corrected chi connectivity index (χ1v) is 9.64. The van der Waals surface area contributed by atoms with E-state index in [9.17, 15) is 0 Å². The lowest BCUT2D eigenvalue weighted by molar-refractivity contribution is 0.331. The molecule has 6 heteroatoms. The van der Waals surface area contributed by atoms with Crippen molar-refractivity contribution in [1.29, 1.82) is 0 Å². The molecule has 1 aliphatic heterocycles. The molecule has 0 spiro atoms. The molecule has 1 saturated heterocycles. The van der Waals surface area contributed by atoms with Crippen LogP contribution in [-0.4, -0.2) is 43.2 Å². The maximum atomic E-state index is 5.96. The van der Waals surface area contributed by atoms with Gasteiger partial charge in [0.05, 0.1) is 0 Å². The van der Waals surface area contributed by atoms with Crippen LogP contribution in [0.4, 0.5) is 0 Å². The zero-order chi connectivity index (χ0) is 17.2. The molecule has 0 bridgehead atoms. The van der Waals surface area contributed by atoms with Gasteiger partial charge in [0, 0.05) is 42.7 Å². The molecular weight excluding hydrogens is 401 g/mol. The van der Waals surface area contributed by atoms with E-state index in [1.807, 2.05) is 12.1 Å². The Hall–Kier alpha value is -0.810. The molecule has 2 aromatic carbocycles. The van der Waals surface area contributed by atoms with Crippen LogP contribution in [0.3, 0.4) is 0 Å². The van der Waals surface area contributed by atoms with Gasteiger partial charge in [-0.15, -0.1) is 24.8 Å². The first-order valence-electron chi connectivity index (χ1n) is 9.26. The molecule has 1 saturated carbocycles. The van der Waals surface area contributed by atoms with Gasteiger partial charge in [0.25, 0.3) is 0 Å². The fourth-order valence-electron chi connectivity index (χ4n) is 3.83. The monoisotopic (exact) mass is 427 g/mol. The summed E-state index contributed by atoms with van der Waals surface area (Å²) in [5.74, 6) is 0.667. The third-order valence-corrected chi connectivity index (χ3v) is 5.70. The van der Waals surface area contributed by atoms with Gasteiger partial charge in [-0.05, 0) is 48.2 Å². The van der Waals surface area contributed by atoms with Crippen LogP contribution in [0.1, 0.15) is 24.3 Å². The minimum absolute atomic E-state index is 0. The zero-order valence-electron chi connectivity index (χ0n) is 15.3. The number of hydrogen-bond acceptors (Lipinski definition) is 3. The van der Waals surface area contributed by atoms with Crippen LogP contribution in [0.5, 0.6) is 0 Å². The van der Waals surface area contributed by atoms with E-state index in [1.54, 1.807) is 0 Å². The molecule has 1 heterocycles. The third-order valence-electron chi connectivity index (χ3n) is 5.45. The fraction of sp³-hybridized carbons (Fsp3) is 0.429. The molecule has 4 rings (SSSR count). The van der Waals surface area contributed by atoms with E-state index in [4.69, 9.17) is 17.3 Å². The van der Waals surface area contributed by atoms with Crippen molar-refractivity contribution < 1.29 is 0 Å². The quantitative estimate of drug-likeness (QED) is 0.719. The largest absolute Gasteiger partial charge is 0.326 e. The predicted molar refractivity (Wildman–Crippen MR) is 120 cm³/mol. The summed E-state index contributed by atoms with van der Waals surface area (Å²) >= 11 is 5.96. The minimum atomic E-state index is 0. The molecule has 2 aliphatic rings. The lowest BCUT2D eigenvalue weighted by Crippen LogP contribution is -2.33. The van der Waals surface area contributed by atoms with E-state index in [1.165, 1.54) is 23.1 Å². The Labute approximate surface area is 179 Å². The molecule has 2 unspecified atom stereocenters. The first kappa shape index (κ1) is 22.5. The van der Waals surface area contributed by atoms with Crippen molar-refractivity contribution in [2.75, 3.05) is 26.2 Å². The predicted octanol–water partition coefficient (Wildman–Crippen LogP) is 4.33. The average Bonchev–Trinajstić information content (AvgIpc) is 3.28. The summed E-state index contributed by atoms with van der Waals surface area (Å²) in [7, 11) is 0. The highest BCUT2D eigenvalue weighted by Crippen LogP contribution is 2.41. The van der Waals surface area contributed by atoms with E-state index in [0.717, 1.165) is 37.6 Å². The van der Waals surface area contributed by atoms with Gasteiger partial charge in [-0.1, -0.05) is 48.0 Å². The molecule has 0 aromatic heterocycles. The molecule has 148 valence electrons. The van der Waals surface area contributed by atoms with Gasteiger partial charge in [0.1, 0.15) is 0 Å². The second-order valence-corrected chi connectivity index (χ2v) is 7.82. The molecule has 2 aromatic rings. The Balaban J connectivity index is 0.00000131. The smallest absolute Gasteiger partial charge is 0.0406 e. The van der Waals surface area contributed by atoms with Crippen molar-refractivity contribution in [3.8, 4) is 11.1 Å². The van der Waals surface area contributed by atoms with E-state index >= 15 is 0 Å². The van der Waals surface area contributed by atoms with Gasteiger partial charge in [-0.25, -0.2) is 0 Å². The highest BCUT2D eigenvalue weighted by molar-refractivity contribution is 6.30. The Morgan fingerprint density at radius 2 is 1.63 bits per heavy atom. The normalized spacial score (nSPS) is 24.1. The van der Waals surface area contributed by atoms with Crippen molar-refractivity contribution >= 4 is 36.4 Å². The summed E-state index contributed by atoms with van der Waals surface area (Å²) in [5, 5.41) is 4.48. The highest BCUT2D eigenvalue weighted by atomic mass is 35.5. The molecule has 2 fully saturated rings. The standard InChI is InChI=1S/C21H26ClN3.2ClH/c22-18-7-5-16(6-8-18)15-1-3-17(4-2-15)20-13-21(20)24-10-12-25-11-9-19(23)14-25;;/h1-8,19-21,24H,9-14,23H2;2*1H/t19-,20?,21?;;/m1../s1. The van der Waals surface area contributed by atoms with Crippen LogP contribution in [0.25, 0.3) is 11.1 Å². The van der Waals surface area contributed by atoms with Crippen molar-refractivity contribution in [1.82, 2.24) is 10.2 Å². The summed E-state index contributed by atoms with van der Waals surface area (Å²) in [6, 6.07) is 18.0. The molecule has 3 N–H and O–H groups in total. The van der Waals surface area contributed by atoms with Crippen LogP contribution in [-0.2, 0) is 0 Å². The second-order valence-electron chi connectivity index (χ2n) is 7.38. The lowest BCUT2D eigenvalue weighted by atomic mass is 10.0. The average molecular weight is 429 g/mol. The SMILES string of the molecule is Cl.Cl.N[C@@H]1CCN(CCNC2CC2c2ccc(-c3ccc(Cl)cc3)cc2)C1. The maximum absolute atomic E-state index is 5.96. The van der Waals surface area contributed by atoms with Crippen molar-refractivity contribution in [2.45, 2.75) is 30.8 Å². The van der Waals surface area contributed by atoms with Gasteiger partial charge in [-0.3, -0.25) is 0 Å². The van der Waals surface area contributed by atoms with Crippen LogP contribution in [0, 0.1) is 0 Å². The number of nitrogens with zero attached hydrogens (tertiary/aromatic N) is 1. The molecule has 3 atom stereocenters. The third kappa shape index (κ3) is 5.83. The van der Waals surface area contributed by atoms with Gasteiger partial charge in [0.15, 0.2) is 0 Å². The molecule has 1 aliphatic carbocycles. The number of nitrogens with one attached hydrogen (secondary N) is 1. The van der Waals surface area contributed by atoms with Crippen molar-refractivity contribution in [3.63, 3.8) is 0 Å². The highest BCUT2D eigenvalue weighted by Gasteiger charge is 2.37. The summed E-state index contributed by atoms with van der Waals surface area (Å²) in [6.07, 6.45) is 2.39. The maximum Gasteiger partial charge on any atom is 0.0406 e. The van der Waals surface area contributed by atoms with Gasteiger partial charge < -0.3 is 16.0 Å². The number of benzene rings is 2. The topological polar surface area (TPSA) is 41.3 Å². The Morgan fingerprint density at radius 1 is 1.00 bits per heavy atom. The van der Waals surface area contributed by atoms with Gasteiger partial charge in [0.2, 0.25) is 0 Å². The van der Waals surface area contributed by atoms with Crippen LogP contribution in [0.15, 0.2) is 48.5 Å². The lowest BCUT2D eigenvalue weighted by Gasteiger charge is -2.15. The van der Waals surface area contributed by atoms with E-state index in [0.29, 0.717) is 18.0 Å². The van der Waals surface area contributed by atoms with Crippen LogP contribution < -0.4 is 11.1 Å². The molecule has 0 amide bonds. The summed E-state index contributed by atoms with van der Waals surface area (Å²) in [4.78, 5) is 2.47. The number of likely N-dealkylation sites (tertiary alicyclic amines) is 1. The molecule has 0 radical (unpaired) electrons. The summed E-state index contributed by atoms with van der Waals surface area (Å²) < 4.78 is 0. The Morgan fingerprint density at radius 3 is 2.22 bits per heavy atom. The summed E-state index contributed by atoms with van der Waals surface area (Å²) in [5.41, 5.74) is 9.86. The van der Waals surface area contributed by atoms with Crippen LogP contribution in [0.2, 0.25) is 5.02 Å². The number of nitrogens with two attached hydrogens (primary N) is 1. The summed E-state index contributed by atoms with van der Waals surface area (Å²) in [6.45, 7) is 4.40. The van der Waals surface area contributed by atoms with E-state index in [2.05, 4.69) is 46.6 Å². The number of hydrogen-bond donors (Lipinski definition) is 2. The fourth-order valence-corrected chi connectivity index (χ4v) is 3.95. The number of halogens is 3. The van der Waals surface area contributed by atoms with E-state index < -0.39 is 0 Å². The Kier molecular flexibility index (Phi) is 8.41. The Bertz CT molecular complexity index is 706. The van der Waals surface area contributed by atoms with Gasteiger partial charge in [-0.2, -0.15) is 0 Å². The first-order chi connectivity index (χ1) is 12.2. The van der Waals surface area contributed by atoms with Crippen LogP contribution >= 0.6 is 36.4 Å². The molecule has 27 heavy (non-hydrogen) atoms. The molecular formula is C21H28Cl3N3. The molecule has 3 nitrogen and oxygen atoms in total. The van der Waals surface area contributed by atoms with Gasteiger partial charge >= 0.3 is 0 Å². The van der Waals surface area contributed by atoms with Crippen molar-refractivity contribution in [3.05, 3.63) is 59.1 Å². The zero-order valence-corrected chi connectivity index (χ0v) is 17.7.